The summed E-state index contributed by atoms with van der Waals surface area (Å²) in [5.41, 5.74) is -0.714. The standard InChI is InChI=1S/C23H22F2N4O2/c1-14(2)20-26-9-10-28(20)13-15-5-4-6-17(11-15)29-21(30)23(3,27-22(29)31)18-12-16(24)7-8-19(18)25/h4-12,14H,13H2,1-3H3,(H,27,31). The van der Waals surface area contributed by atoms with Gasteiger partial charge in [0, 0.05) is 30.4 Å². The van der Waals surface area contributed by atoms with Crippen molar-refractivity contribution in [1.29, 1.82) is 0 Å². The van der Waals surface area contributed by atoms with E-state index in [1.807, 2.05) is 16.8 Å². The fourth-order valence-corrected chi connectivity index (χ4v) is 3.88. The number of nitrogens with one attached hydrogen (secondary N) is 1. The number of rotatable bonds is 5. The monoisotopic (exact) mass is 424 g/mol. The van der Waals surface area contributed by atoms with Crippen molar-refractivity contribution in [3.63, 3.8) is 0 Å². The molecule has 2 aromatic carbocycles. The lowest BCUT2D eigenvalue weighted by molar-refractivity contribution is -0.121. The molecule has 1 aromatic heterocycles. The zero-order chi connectivity index (χ0) is 22.3. The average molecular weight is 424 g/mol. The van der Waals surface area contributed by atoms with Gasteiger partial charge in [-0.25, -0.2) is 23.5 Å². The zero-order valence-electron chi connectivity index (χ0n) is 17.4. The molecule has 1 saturated heterocycles. The lowest BCUT2D eigenvalue weighted by Crippen LogP contribution is -2.41. The van der Waals surface area contributed by atoms with E-state index in [4.69, 9.17) is 0 Å². The molecule has 0 spiro atoms. The van der Waals surface area contributed by atoms with Crippen LogP contribution in [0.3, 0.4) is 0 Å². The van der Waals surface area contributed by atoms with E-state index in [1.54, 1.807) is 24.4 Å². The van der Waals surface area contributed by atoms with Gasteiger partial charge in [-0.15, -0.1) is 0 Å². The summed E-state index contributed by atoms with van der Waals surface area (Å²) >= 11 is 0. The maximum absolute atomic E-state index is 14.4. The first-order chi connectivity index (χ1) is 14.7. The van der Waals surface area contributed by atoms with Gasteiger partial charge in [-0.2, -0.15) is 0 Å². The minimum atomic E-state index is -1.71. The molecule has 0 bridgehead atoms. The van der Waals surface area contributed by atoms with E-state index in [0.717, 1.165) is 34.5 Å². The number of carbonyl (C=O) groups is 2. The third-order valence-corrected chi connectivity index (χ3v) is 5.44. The number of aromatic nitrogens is 2. The Kier molecular flexibility index (Phi) is 5.08. The summed E-state index contributed by atoms with van der Waals surface area (Å²) in [5.74, 6) is -0.971. The summed E-state index contributed by atoms with van der Waals surface area (Å²) in [7, 11) is 0. The third-order valence-electron chi connectivity index (χ3n) is 5.44. The number of amides is 3. The average Bonchev–Trinajstić information content (AvgIpc) is 3.26. The number of nitrogens with zero attached hydrogens (tertiary/aromatic N) is 3. The van der Waals surface area contributed by atoms with Crippen molar-refractivity contribution in [2.45, 2.75) is 38.8 Å². The van der Waals surface area contributed by atoms with Crippen molar-refractivity contribution < 1.29 is 18.4 Å². The van der Waals surface area contributed by atoms with Crippen LogP contribution in [0.5, 0.6) is 0 Å². The first-order valence-electron chi connectivity index (χ1n) is 9.93. The smallest absolute Gasteiger partial charge is 0.329 e. The Morgan fingerprint density at radius 1 is 1.13 bits per heavy atom. The minimum absolute atomic E-state index is 0.218. The van der Waals surface area contributed by atoms with E-state index >= 15 is 0 Å². The second-order valence-corrected chi connectivity index (χ2v) is 8.06. The highest BCUT2D eigenvalue weighted by Crippen LogP contribution is 2.34. The molecule has 160 valence electrons. The number of imide groups is 1. The highest BCUT2D eigenvalue weighted by atomic mass is 19.1. The summed E-state index contributed by atoms with van der Waals surface area (Å²) in [5, 5.41) is 2.52. The predicted octanol–water partition coefficient (Wildman–Crippen LogP) is 4.30. The van der Waals surface area contributed by atoms with Gasteiger partial charge in [0.1, 0.15) is 23.0 Å². The van der Waals surface area contributed by atoms with Gasteiger partial charge >= 0.3 is 6.03 Å². The zero-order valence-corrected chi connectivity index (χ0v) is 17.4. The quantitative estimate of drug-likeness (QED) is 0.621. The van der Waals surface area contributed by atoms with Crippen LogP contribution in [-0.2, 0) is 16.9 Å². The number of hydrogen-bond donors (Lipinski definition) is 1. The van der Waals surface area contributed by atoms with Crippen LogP contribution in [-0.4, -0.2) is 21.5 Å². The van der Waals surface area contributed by atoms with Gasteiger partial charge in [-0.05, 0) is 42.8 Å². The van der Waals surface area contributed by atoms with Crippen LogP contribution in [0.1, 0.15) is 43.6 Å². The van der Waals surface area contributed by atoms with Gasteiger partial charge in [0.15, 0.2) is 0 Å². The lowest BCUT2D eigenvalue weighted by Gasteiger charge is -2.23. The molecule has 1 unspecified atom stereocenters. The largest absolute Gasteiger partial charge is 0.330 e. The van der Waals surface area contributed by atoms with Gasteiger partial charge in [0.2, 0.25) is 0 Å². The van der Waals surface area contributed by atoms with Crippen LogP contribution in [0.15, 0.2) is 54.9 Å². The molecule has 3 amide bonds. The van der Waals surface area contributed by atoms with Crippen LogP contribution in [0.2, 0.25) is 0 Å². The number of benzene rings is 2. The molecule has 1 atom stereocenters. The molecule has 3 aromatic rings. The normalized spacial score (nSPS) is 18.7. The van der Waals surface area contributed by atoms with Crippen LogP contribution >= 0.6 is 0 Å². The van der Waals surface area contributed by atoms with Crippen molar-refractivity contribution in [3.8, 4) is 0 Å². The number of hydrogen-bond acceptors (Lipinski definition) is 3. The Morgan fingerprint density at radius 3 is 2.65 bits per heavy atom. The van der Waals surface area contributed by atoms with Crippen molar-refractivity contribution in [1.82, 2.24) is 14.9 Å². The molecule has 1 aliphatic rings. The molecule has 4 rings (SSSR count). The third kappa shape index (κ3) is 3.58. The Labute approximate surface area is 178 Å². The molecule has 0 aliphatic carbocycles. The van der Waals surface area contributed by atoms with Crippen molar-refractivity contribution in [2.75, 3.05) is 4.90 Å². The van der Waals surface area contributed by atoms with Crippen molar-refractivity contribution >= 4 is 17.6 Å². The molecule has 0 saturated carbocycles. The fraction of sp³-hybridized carbons (Fsp3) is 0.261. The molecule has 1 aliphatic heterocycles. The summed E-state index contributed by atoms with van der Waals surface area (Å²) in [4.78, 5) is 31.3. The lowest BCUT2D eigenvalue weighted by atomic mass is 9.91. The SMILES string of the molecule is CC(C)c1nccn1Cc1cccc(N2C(=O)NC(C)(c3cc(F)ccc3F)C2=O)c1. The highest BCUT2D eigenvalue weighted by Gasteiger charge is 2.51. The van der Waals surface area contributed by atoms with E-state index in [0.29, 0.717) is 12.2 Å². The van der Waals surface area contributed by atoms with Gasteiger partial charge in [-0.1, -0.05) is 26.0 Å². The summed E-state index contributed by atoms with van der Waals surface area (Å²) < 4.78 is 30.1. The molecular weight excluding hydrogens is 402 g/mol. The van der Waals surface area contributed by atoms with E-state index in [9.17, 15) is 18.4 Å². The van der Waals surface area contributed by atoms with Crippen LogP contribution in [0.25, 0.3) is 0 Å². The highest BCUT2D eigenvalue weighted by molar-refractivity contribution is 6.23. The second-order valence-electron chi connectivity index (χ2n) is 8.06. The number of halogens is 2. The van der Waals surface area contributed by atoms with Gasteiger partial charge < -0.3 is 9.88 Å². The van der Waals surface area contributed by atoms with Crippen molar-refractivity contribution in [2.24, 2.45) is 0 Å². The molecular formula is C23H22F2N4O2. The van der Waals surface area contributed by atoms with Gasteiger partial charge in [0.25, 0.3) is 5.91 Å². The molecule has 2 heterocycles. The Balaban J connectivity index is 1.66. The van der Waals surface area contributed by atoms with E-state index in [-0.39, 0.29) is 11.5 Å². The number of imidazole rings is 1. The molecule has 8 heteroatoms. The molecule has 1 N–H and O–H groups in total. The van der Waals surface area contributed by atoms with Crippen molar-refractivity contribution in [3.05, 3.63) is 83.4 Å². The number of urea groups is 1. The van der Waals surface area contributed by atoms with E-state index < -0.39 is 29.1 Å². The predicted molar refractivity (Wildman–Crippen MR) is 112 cm³/mol. The van der Waals surface area contributed by atoms with Gasteiger partial charge in [0.05, 0.1) is 5.69 Å². The Bertz CT molecular complexity index is 1170. The first-order valence-corrected chi connectivity index (χ1v) is 9.93. The van der Waals surface area contributed by atoms with Crippen LogP contribution in [0.4, 0.5) is 19.3 Å². The second kappa shape index (κ2) is 7.61. The van der Waals surface area contributed by atoms with E-state index in [1.165, 1.54) is 6.92 Å². The van der Waals surface area contributed by atoms with Gasteiger partial charge in [-0.3, -0.25) is 4.79 Å². The fourth-order valence-electron chi connectivity index (χ4n) is 3.88. The number of anilines is 1. The van der Waals surface area contributed by atoms with Crippen LogP contribution < -0.4 is 10.2 Å². The maximum Gasteiger partial charge on any atom is 0.329 e. The Morgan fingerprint density at radius 2 is 1.90 bits per heavy atom. The number of carbonyl (C=O) groups excluding carboxylic acids is 2. The maximum atomic E-state index is 14.4. The Hall–Kier alpha value is -3.55. The topological polar surface area (TPSA) is 67.2 Å². The summed E-state index contributed by atoms with van der Waals surface area (Å²) in [6.45, 7) is 5.99. The molecule has 31 heavy (non-hydrogen) atoms. The summed E-state index contributed by atoms with van der Waals surface area (Å²) in [6.07, 6.45) is 3.61. The van der Waals surface area contributed by atoms with Crippen LogP contribution in [0, 0.1) is 11.6 Å². The molecule has 0 radical (unpaired) electrons. The summed E-state index contributed by atoms with van der Waals surface area (Å²) in [6, 6.07) is 9.13. The molecule has 1 fully saturated rings. The molecule has 6 nitrogen and oxygen atoms in total. The van der Waals surface area contributed by atoms with E-state index in [2.05, 4.69) is 24.1 Å². The minimum Gasteiger partial charge on any atom is -0.330 e. The first kappa shape index (κ1) is 20.7.